The SMILES string of the molecule is O=C(c1csc(C2CC2)n1)N1CC(c2ccc(Cl)cc2)C1. The van der Waals surface area contributed by atoms with Crippen LogP contribution in [0.4, 0.5) is 0 Å². The lowest BCUT2D eigenvalue weighted by Crippen LogP contribution is -2.48. The number of benzene rings is 1. The van der Waals surface area contributed by atoms with Gasteiger partial charge in [-0.2, -0.15) is 0 Å². The summed E-state index contributed by atoms with van der Waals surface area (Å²) in [4.78, 5) is 18.7. The molecule has 108 valence electrons. The van der Waals surface area contributed by atoms with Gasteiger partial charge in [0, 0.05) is 35.3 Å². The van der Waals surface area contributed by atoms with Gasteiger partial charge < -0.3 is 4.90 Å². The van der Waals surface area contributed by atoms with Gasteiger partial charge in [-0.15, -0.1) is 11.3 Å². The number of carbonyl (C=O) groups excluding carboxylic acids is 1. The van der Waals surface area contributed by atoms with Crippen molar-refractivity contribution in [1.82, 2.24) is 9.88 Å². The lowest BCUT2D eigenvalue weighted by Gasteiger charge is -2.39. The van der Waals surface area contributed by atoms with Gasteiger partial charge in [0.1, 0.15) is 5.69 Å². The Bertz CT molecular complexity index is 672. The number of aromatic nitrogens is 1. The van der Waals surface area contributed by atoms with Gasteiger partial charge >= 0.3 is 0 Å². The number of likely N-dealkylation sites (tertiary alicyclic amines) is 1. The molecule has 1 aliphatic carbocycles. The molecule has 3 nitrogen and oxygen atoms in total. The van der Waals surface area contributed by atoms with Crippen LogP contribution in [0, 0.1) is 0 Å². The van der Waals surface area contributed by atoms with E-state index in [0.717, 1.165) is 23.1 Å². The number of halogens is 1. The molecule has 1 aliphatic heterocycles. The first-order valence-electron chi connectivity index (χ1n) is 7.21. The number of thiazole rings is 1. The van der Waals surface area contributed by atoms with Gasteiger partial charge in [-0.3, -0.25) is 4.79 Å². The lowest BCUT2D eigenvalue weighted by atomic mass is 9.91. The van der Waals surface area contributed by atoms with Crippen molar-refractivity contribution in [2.75, 3.05) is 13.1 Å². The van der Waals surface area contributed by atoms with Crippen molar-refractivity contribution in [1.29, 1.82) is 0 Å². The zero-order valence-electron chi connectivity index (χ0n) is 11.5. The van der Waals surface area contributed by atoms with Crippen molar-refractivity contribution in [2.24, 2.45) is 0 Å². The summed E-state index contributed by atoms with van der Waals surface area (Å²) in [5.41, 5.74) is 1.87. The van der Waals surface area contributed by atoms with E-state index in [9.17, 15) is 4.79 Å². The number of rotatable bonds is 3. The second-order valence-electron chi connectivity index (χ2n) is 5.80. The Kier molecular flexibility index (Phi) is 3.23. The Morgan fingerprint density at radius 2 is 1.90 bits per heavy atom. The number of nitrogens with zero attached hydrogens (tertiary/aromatic N) is 2. The monoisotopic (exact) mass is 318 g/mol. The van der Waals surface area contributed by atoms with E-state index in [1.165, 1.54) is 18.4 Å². The Balaban J connectivity index is 1.40. The first kappa shape index (κ1) is 13.3. The first-order valence-corrected chi connectivity index (χ1v) is 8.46. The van der Waals surface area contributed by atoms with E-state index in [-0.39, 0.29) is 5.91 Å². The molecule has 0 unspecified atom stereocenters. The van der Waals surface area contributed by atoms with Crippen LogP contribution in [0.15, 0.2) is 29.6 Å². The van der Waals surface area contributed by atoms with Gasteiger partial charge in [0.25, 0.3) is 5.91 Å². The Morgan fingerprint density at radius 3 is 2.57 bits per heavy atom. The number of amides is 1. The quantitative estimate of drug-likeness (QED) is 0.859. The third kappa shape index (κ3) is 2.58. The number of carbonyl (C=O) groups is 1. The third-order valence-corrected chi connectivity index (χ3v) is 5.44. The minimum atomic E-state index is 0.0726. The molecule has 1 saturated heterocycles. The van der Waals surface area contributed by atoms with Crippen molar-refractivity contribution in [3.05, 3.63) is 50.9 Å². The molecule has 0 bridgehead atoms. The molecule has 1 aromatic carbocycles. The summed E-state index contributed by atoms with van der Waals surface area (Å²) in [5, 5.41) is 3.79. The fourth-order valence-corrected chi connectivity index (χ4v) is 3.75. The largest absolute Gasteiger partial charge is 0.336 e. The molecule has 5 heteroatoms. The molecule has 2 heterocycles. The number of hydrogen-bond acceptors (Lipinski definition) is 3. The third-order valence-electron chi connectivity index (χ3n) is 4.18. The van der Waals surface area contributed by atoms with Gasteiger partial charge in [-0.1, -0.05) is 23.7 Å². The van der Waals surface area contributed by atoms with E-state index in [1.54, 1.807) is 11.3 Å². The minimum Gasteiger partial charge on any atom is -0.336 e. The maximum atomic E-state index is 12.4. The van der Waals surface area contributed by atoms with Crippen molar-refractivity contribution in [2.45, 2.75) is 24.7 Å². The molecule has 21 heavy (non-hydrogen) atoms. The van der Waals surface area contributed by atoms with Crippen LogP contribution in [0.1, 0.15) is 45.7 Å². The molecule has 2 fully saturated rings. The van der Waals surface area contributed by atoms with Crippen molar-refractivity contribution in [3.8, 4) is 0 Å². The molecule has 2 aromatic rings. The normalized spacial score (nSPS) is 18.6. The van der Waals surface area contributed by atoms with Crippen LogP contribution in [0.2, 0.25) is 5.02 Å². The van der Waals surface area contributed by atoms with Crippen LogP contribution in [-0.2, 0) is 0 Å². The van der Waals surface area contributed by atoms with E-state index in [1.807, 2.05) is 34.5 Å². The van der Waals surface area contributed by atoms with Gasteiger partial charge in [0.2, 0.25) is 0 Å². The fraction of sp³-hybridized carbons (Fsp3) is 0.375. The molecule has 1 saturated carbocycles. The standard InChI is InChI=1S/C16H15ClN2OS/c17-13-5-3-10(4-6-13)12-7-19(8-12)16(20)14-9-21-15(18-14)11-1-2-11/h3-6,9,11-12H,1-2,7-8H2. The van der Waals surface area contributed by atoms with E-state index >= 15 is 0 Å². The van der Waals surface area contributed by atoms with E-state index in [0.29, 0.717) is 17.5 Å². The van der Waals surface area contributed by atoms with Gasteiger partial charge in [-0.25, -0.2) is 4.98 Å². The highest BCUT2D eigenvalue weighted by Crippen LogP contribution is 2.41. The smallest absolute Gasteiger partial charge is 0.273 e. The second-order valence-corrected chi connectivity index (χ2v) is 7.13. The van der Waals surface area contributed by atoms with Crippen LogP contribution in [0.25, 0.3) is 0 Å². The second kappa shape index (κ2) is 5.11. The average Bonchev–Trinajstić information content (AvgIpc) is 3.17. The first-order chi connectivity index (χ1) is 10.2. The average molecular weight is 319 g/mol. The molecule has 0 N–H and O–H groups in total. The summed E-state index contributed by atoms with van der Waals surface area (Å²) in [5.74, 6) is 1.12. The summed E-state index contributed by atoms with van der Waals surface area (Å²) in [7, 11) is 0. The lowest BCUT2D eigenvalue weighted by molar-refractivity contribution is 0.0597. The topological polar surface area (TPSA) is 33.2 Å². The van der Waals surface area contributed by atoms with Gasteiger partial charge in [0.05, 0.1) is 5.01 Å². The molecule has 4 rings (SSSR count). The summed E-state index contributed by atoms with van der Waals surface area (Å²) in [6.07, 6.45) is 2.45. The maximum absolute atomic E-state index is 12.4. The van der Waals surface area contributed by atoms with Crippen LogP contribution in [0.3, 0.4) is 0 Å². The van der Waals surface area contributed by atoms with Crippen molar-refractivity contribution < 1.29 is 4.79 Å². The van der Waals surface area contributed by atoms with Crippen LogP contribution in [-0.4, -0.2) is 28.9 Å². The maximum Gasteiger partial charge on any atom is 0.273 e. The van der Waals surface area contributed by atoms with Crippen molar-refractivity contribution >= 4 is 28.8 Å². The molecular formula is C16H15ClN2OS. The predicted octanol–water partition coefficient (Wildman–Crippen LogP) is 3.91. The summed E-state index contributed by atoms with van der Waals surface area (Å²) in [6.45, 7) is 1.55. The fourth-order valence-electron chi connectivity index (χ4n) is 2.66. The summed E-state index contributed by atoms with van der Waals surface area (Å²) in [6, 6.07) is 7.90. The highest BCUT2D eigenvalue weighted by atomic mass is 35.5. The molecule has 2 aliphatic rings. The molecule has 0 atom stereocenters. The predicted molar refractivity (Wildman–Crippen MR) is 84.2 cm³/mol. The molecule has 1 amide bonds. The van der Waals surface area contributed by atoms with E-state index in [2.05, 4.69) is 4.98 Å². The summed E-state index contributed by atoms with van der Waals surface area (Å²) < 4.78 is 0. The zero-order valence-corrected chi connectivity index (χ0v) is 13.0. The Morgan fingerprint density at radius 1 is 1.19 bits per heavy atom. The highest BCUT2D eigenvalue weighted by Gasteiger charge is 2.34. The zero-order chi connectivity index (χ0) is 14.4. The number of hydrogen-bond donors (Lipinski definition) is 0. The molecular weight excluding hydrogens is 304 g/mol. The Labute approximate surface area is 132 Å². The minimum absolute atomic E-state index is 0.0726. The van der Waals surface area contributed by atoms with Gasteiger partial charge in [-0.05, 0) is 30.5 Å². The molecule has 1 aromatic heterocycles. The highest BCUT2D eigenvalue weighted by molar-refractivity contribution is 7.10. The van der Waals surface area contributed by atoms with Gasteiger partial charge in [0.15, 0.2) is 0 Å². The van der Waals surface area contributed by atoms with Crippen LogP contribution >= 0.6 is 22.9 Å². The summed E-state index contributed by atoms with van der Waals surface area (Å²) >= 11 is 7.52. The molecule has 0 spiro atoms. The van der Waals surface area contributed by atoms with Crippen molar-refractivity contribution in [3.63, 3.8) is 0 Å². The van der Waals surface area contributed by atoms with Crippen LogP contribution in [0.5, 0.6) is 0 Å². The van der Waals surface area contributed by atoms with E-state index in [4.69, 9.17) is 11.6 Å². The van der Waals surface area contributed by atoms with E-state index < -0.39 is 0 Å². The molecule has 0 radical (unpaired) electrons. The Hall–Kier alpha value is -1.39. The van der Waals surface area contributed by atoms with Crippen LogP contribution < -0.4 is 0 Å².